The fourth-order valence-corrected chi connectivity index (χ4v) is 2.23. The second-order valence-electron chi connectivity index (χ2n) is 5.57. The van der Waals surface area contributed by atoms with Crippen LogP contribution in [0.15, 0.2) is 18.2 Å². The van der Waals surface area contributed by atoms with Crippen molar-refractivity contribution in [3.05, 3.63) is 29.3 Å². The Hall–Kier alpha value is -1.02. The molecule has 0 spiro atoms. The van der Waals surface area contributed by atoms with E-state index >= 15 is 0 Å². The normalized spacial score (nSPS) is 20.9. The van der Waals surface area contributed by atoms with Crippen LogP contribution in [-0.4, -0.2) is 6.61 Å². The summed E-state index contributed by atoms with van der Waals surface area (Å²) in [5.74, 6) is 1.03. The van der Waals surface area contributed by atoms with Crippen LogP contribution in [0.25, 0.3) is 0 Å². The first kappa shape index (κ1) is 11.5. The molecule has 88 valence electrons. The van der Waals surface area contributed by atoms with Gasteiger partial charge in [-0.15, -0.1) is 0 Å². The lowest BCUT2D eigenvalue weighted by Gasteiger charge is -2.24. The number of nitrogens with two attached hydrogens (primary N) is 1. The van der Waals surface area contributed by atoms with Crippen LogP contribution in [0.4, 0.5) is 0 Å². The van der Waals surface area contributed by atoms with Gasteiger partial charge in [0.15, 0.2) is 0 Å². The Morgan fingerprint density at radius 2 is 2.06 bits per heavy atom. The van der Waals surface area contributed by atoms with Gasteiger partial charge in [0, 0.05) is 11.6 Å². The minimum absolute atomic E-state index is 0.107. The third kappa shape index (κ3) is 2.07. The maximum atomic E-state index is 6.18. The van der Waals surface area contributed by atoms with E-state index in [4.69, 9.17) is 10.5 Å². The van der Waals surface area contributed by atoms with Crippen LogP contribution in [0.1, 0.15) is 50.8 Å². The fourth-order valence-electron chi connectivity index (χ4n) is 2.23. The molecular formula is C14H21NO. The van der Waals surface area contributed by atoms with Crippen molar-refractivity contribution in [1.29, 1.82) is 0 Å². The predicted molar refractivity (Wildman–Crippen MR) is 66.8 cm³/mol. The minimum atomic E-state index is 0.107. The van der Waals surface area contributed by atoms with E-state index in [2.05, 4.69) is 39.0 Å². The molecular weight excluding hydrogens is 198 g/mol. The molecule has 1 aromatic rings. The maximum absolute atomic E-state index is 6.18. The summed E-state index contributed by atoms with van der Waals surface area (Å²) in [7, 11) is 0. The van der Waals surface area contributed by atoms with Gasteiger partial charge in [0.2, 0.25) is 0 Å². The molecule has 0 unspecified atom stereocenters. The Labute approximate surface area is 97.8 Å². The second kappa shape index (κ2) is 4.10. The van der Waals surface area contributed by atoms with E-state index in [1.54, 1.807) is 0 Å². The van der Waals surface area contributed by atoms with Crippen molar-refractivity contribution in [2.24, 2.45) is 5.73 Å². The zero-order valence-electron chi connectivity index (χ0n) is 10.4. The van der Waals surface area contributed by atoms with Crippen LogP contribution < -0.4 is 10.5 Å². The number of benzene rings is 1. The molecule has 0 radical (unpaired) electrons. The summed E-state index contributed by atoms with van der Waals surface area (Å²) in [5, 5.41) is 0. The lowest BCUT2D eigenvalue weighted by Crippen LogP contribution is -2.16. The van der Waals surface area contributed by atoms with Crippen LogP contribution in [0.3, 0.4) is 0 Å². The quantitative estimate of drug-likeness (QED) is 0.727. The molecule has 0 aliphatic carbocycles. The molecule has 0 amide bonds. The van der Waals surface area contributed by atoms with Gasteiger partial charge in [-0.3, -0.25) is 0 Å². The summed E-state index contributed by atoms with van der Waals surface area (Å²) < 4.78 is 5.90. The van der Waals surface area contributed by atoms with Crippen LogP contribution in [0.2, 0.25) is 0 Å². The molecule has 0 saturated carbocycles. The number of hydrogen-bond acceptors (Lipinski definition) is 2. The molecule has 2 heteroatoms. The molecule has 0 saturated heterocycles. The van der Waals surface area contributed by atoms with Crippen LogP contribution in [-0.2, 0) is 5.41 Å². The smallest absolute Gasteiger partial charge is 0.127 e. The molecule has 1 aromatic carbocycles. The first-order valence-corrected chi connectivity index (χ1v) is 6.02. The van der Waals surface area contributed by atoms with E-state index < -0.39 is 0 Å². The van der Waals surface area contributed by atoms with Crippen LogP contribution in [0.5, 0.6) is 5.75 Å². The molecule has 2 N–H and O–H groups in total. The first-order valence-electron chi connectivity index (χ1n) is 6.02. The number of ether oxygens (including phenoxy) is 1. The van der Waals surface area contributed by atoms with Crippen molar-refractivity contribution in [3.63, 3.8) is 0 Å². The minimum Gasteiger partial charge on any atom is -0.493 e. The first-order chi connectivity index (χ1) is 7.50. The summed E-state index contributed by atoms with van der Waals surface area (Å²) >= 11 is 0. The van der Waals surface area contributed by atoms with Crippen LogP contribution in [0, 0.1) is 0 Å². The third-order valence-electron chi connectivity index (χ3n) is 3.16. The Morgan fingerprint density at radius 1 is 1.31 bits per heavy atom. The van der Waals surface area contributed by atoms with Gasteiger partial charge in [0.1, 0.15) is 5.75 Å². The average molecular weight is 219 g/mol. The van der Waals surface area contributed by atoms with Crippen molar-refractivity contribution in [2.45, 2.75) is 45.1 Å². The zero-order chi connectivity index (χ0) is 11.8. The van der Waals surface area contributed by atoms with Gasteiger partial charge in [0.25, 0.3) is 0 Å². The van der Waals surface area contributed by atoms with E-state index in [9.17, 15) is 0 Å². The Morgan fingerprint density at radius 3 is 2.75 bits per heavy atom. The Bertz CT molecular complexity index is 379. The largest absolute Gasteiger partial charge is 0.493 e. The van der Waals surface area contributed by atoms with Gasteiger partial charge in [-0.05, 0) is 23.8 Å². The van der Waals surface area contributed by atoms with Crippen molar-refractivity contribution >= 4 is 0 Å². The molecule has 0 bridgehead atoms. The summed E-state index contributed by atoms with van der Waals surface area (Å²) in [4.78, 5) is 0. The molecule has 0 aromatic heterocycles. The Balaban J connectivity index is 2.53. The van der Waals surface area contributed by atoms with Gasteiger partial charge in [-0.25, -0.2) is 0 Å². The highest BCUT2D eigenvalue weighted by atomic mass is 16.5. The van der Waals surface area contributed by atoms with Gasteiger partial charge in [-0.1, -0.05) is 39.0 Å². The number of para-hydroxylation sites is 1. The lowest BCUT2D eigenvalue weighted by molar-refractivity contribution is 0.308. The van der Waals surface area contributed by atoms with E-state index in [0.717, 1.165) is 25.2 Å². The number of rotatable bonds is 0. The third-order valence-corrected chi connectivity index (χ3v) is 3.16. The van der Waals surface area contributed by atoms with E-state index in [0.29, 0.717) is 0 Å². The van der Waals surface area contributed by atoms with Crippen molar-refractivity contribution in [1.82, 2.24) is 0 Å². The van der Waals surface area contributed by atoms with Crippen molar-refractivity contribution in [3.8, 4) is 5.75 Å². The van der Waals surface area contributed by atoms with Crippen molar-refractivity contribution in [2.75, 3.05) is 6.61 Å². The summed E-state index contributed by atoms with van der Waals surface area (Å²) in [6, 6.07) is 6.46. The van der Waals surface area contributed by atoms with Gasteiger partial charge < -0.3 is 10.5 Å². The highest BCUT2D eigenvalue weighted by Gasteiger charge is 2.24. The predicted octanol–water partition coefficient (Wildman–Crippen LogP) is 3.16. The highest BCUT2D eigenvalue weighted by Crippen LogP contribution is 2.38. The molecule has 0 fully saturated rings. The van der Waals surface area contributed by atoms with Gasteiger partial charge >= 0.3 is 0 Å². The molecule has 1 aliphatic heterocycles. The molecule has 2 nitrogen and oxygen atoms in total. The summed E-state index contributed by atoms with van der Waals surface area (Å²) in [6.45, 7) is 7.42. The molecule has 1 aliphatic rings. The molecule has 2 rings (SSSR count). The number of hydrogen-bond donors (Lipinski definition) is 1. The Kier molecular flexibility index (Phi) is 2.94. The maximum Gasteiger partial charge on any atom is 0.127 e. The summed E-state index contributed by atoms with van der Waals surface area (Å²) in [6.07, 6.45) is 2.06. The second-order valence-corrected chi connectivity index (χ2v) is 5.57. The summed E-state index contributed by atoms with van der Waals surface area (Å²) in [5.41, 5.74) is 8.72. The zero-order valence-corrected chi connectivity index (χ0v) is 10.4. The SMILES string of the molecule is CC(C)(C)c1cccc2c1OCCC[C@@H]2N. The highest BCUT2D eigenvalue weighted by molar-refractivity contribution is 5.47. The van der Waals surface area contributed by atoms with Crippen molar-refractivity contribution < 1.29 is 4.74 Å². The topological polar surface area (TPSA) is 35.2 Å². The molecule has 1 heterocycles. The molecule has 1 atom stereocenters. The molecule has 16 heavy (non-hydrogen) atoms. The van der Waals surface area contributed by atoms with Gasteiger partial charge in [-0.2, -0.15) is 0 Å². The lowest BCUT2D eigenvalue weighted by atomic mass is 9.84. The average Bonchev–Trinajstić information content (AvgIpc) is 2.39. The fraction of sp³-hybridized carbons (Fsp3) is 0.571. The van der Waals surface area contributed by atoms with Gasteiger partial charge in [0.05, 0.1) is 6.61 Å². The monoisotopic (exact) mass is 219 g/mol. The van der Waals surface area contributed by atoms with E-state index in [-0.39, 0.29) is 11.5 Å². The van der Waals surface area contributed by atoms with E-state index in [1.165, 1.54) is 11.1 Å². The van der Waals surface area contributed by atoms with Crippen LogP contribution >= 0.6 is 0 Å². The number of fused-ring (bicyclic) bond motifs is 1. The van der Waals surface area contributed by atoms with E-state index in [1.807, 2.05) is 0 Å². The standard InChI is InChI=1S/C14H21NO/c1-14(2,3)11-7-4-6-10-12(15)8-5-9-16-13(10)11/h4,6-7,12H,5,8-9,15H2,1-3H3/t12-/m0/s1.